The van der Waals surface area contributed by atoms with Gasteiger partial charge in [0.25, 0.3) is 0 Å². The van der Waals surface area contributed by atoms with Crippen LogP contribution < -0.4 is 4.74 Å². The lowest BCUT2D eigenvalue weighted by Crippen LogP contribution is -1.90. The van der Waals surface area contributed by atoms with Crippen molar-refractivity contribution in [3.8, 4) is 17.7 Å². The van der Waals surface area contributed by atoms with E-state index >= 15 is 0 Å². The SMILES string of the molecule is N#Cc1cccc(Oc2ccc(Br)c(F)c2)n1. The van der Waals surface area contributed by atoms with E-state index < -0.39 is 5.82 Å². The van der Waals surface area contributed by atoms with Gasteiger partial charge >= 0.3 is 0 Å². The lowest BCUT2D eigenvalue weighted by molar-refractivity contribution is 0.457. The number of nitrogens with zero attached hydrogens (tertiary/aromatic N) is 2. The Labute approximate surface area is 106 Å². The molecule has 0 atom stereocenters. The number of hydrogen-bond donors (Lipinski definition) is 0. The standard InChI is InChI=1S/C12H6BrFN2O/c13-10-5-4-9(6-11(10)14)17-12-3-1-2-8(7-15)16-12/h1-6H. The van der Waals surface area contributed by atoms with Crippen molar-refractivity contribution in [2.45, 2.75) is 0 Å². The zero-order valence-corrected chi connectivity index (χ0v) is 10.1. The summed E-state index contributed by atoms with van der Waals surface area (Å²) in [6.45, 7) is 0. The average molecular weight is 293 g/mol. The van der Waals surface area contributed by atoms with Gasteiger partial charge in [0.2, 0.25) is 5.88 Å². The number of benzene rings is 1. The Morgan fingerprint density at radius 2 is 2.12 bits per heavy atom. The fraction of sp³-hybridized carbons (Fsp3) is 0. The molecule has 3 nitrogen and oxygen atoms in total. The second-order valence-corrected chi connectivity index (χ2v) is 4.01. The summed E-state index contributed by atoms with van der Waals surface area (Å²) in [6.07, 6.45) is 0. The van der Waals surface area contributed by atoms with Gasteiger partial charge in [0, 0.05) is 12.1 Å². The number of ether oxygens (including phenoxy) is 1. The molecule has 0 radical (unpaired) electrons. The Morgan fingerprint density at radius 1 is 1.29 bits per heavy atom. The Morgan fingerprint density at radius 3 is 2.82 bits per heavy atom. The number of nitriles is 1. The molecule has 0 aliphatic carbocycles. The number of pyridine rings is 1. The molecular weight excluding hydrogens is 287 g/mol. The van der Waals surface area contributed by atoms with Crippen LogP contribution in [0.15, 0.2) is 40.9 Å². The average Bonchev–Trinajstić information content (AvgIpc) is 2.34. The predicted molar refractivity (Wildman–Crippen MR) is 63.1 cm³/mol. The molecule has 0 aliphatic heterocycles. The lowest BCUT2D eigenvalue weighted by atomic mass is 10.3. The van der Waals surface area contributed by atoms with E-state index in [4.69, 9.17) is 10.00 Å². The first-order chi connectivity index (χ1) is 8.19. The summed E-state index contributed by atoms with van der Waals surface area (Å²) in [5.74, 6) is 0.165. The molecule has 0 saturated heterocycles. The van der Waals surface area contributed by atoms with Gasteiger partial charge < -0.3 is 4.74 Å². The first kappa shape index (κ1) is 11.6. The first-order valence-electron chi connectivity index (χ1n) is 4.69. The minimum Gasteiger partial charge on any atom is -0.439 e. The molecule has 0 unspecified atom stereocenters. The van der Waals surface area contributed by atoms with Gasteiger partial charge in [0.1, 0.15) is 23.3 Å². The fourth-order valence-corrected chi connectivity index (χ4v) is 1.44. The summed E-state index contributed by atoms with van der Waals surface area (Å²) in [5.41, 5.74) is 0.250. The van der Waals surface area contributed by atoms with Gasteiger partial charge in [-0.25, -0.2) is 9.37 Å². The summed E-state index contributed by atoms with van der Waals surface area (Å²) >= 11 is 3.05. The summed E-state index contributed by atoms with van der Waals surface area (Å²) in [7, 11) is 0. The molecule has 5 heteroatoms. The molecule has 0 spiro atoms. The highest BCUT2D eigenvalue weighted by Crippen LogP contribution is 2.24. The number of halogens is 2. The molecule has 0 N–H and O–H groups in total. The molecule has 1 aromatic heterocycles. The van der Waals surface area contributed by atoms with Gasteiger partial charge in [-0.3, -0.25) is 0 Å². The van der Waals surface area contributed by atoms with Crippen molar-refractivity contribution in [1.29, 1.82) is 5.26 Å². The molecule has 17 heavy (non-hydrogen) atoms. The monoisotopic (exact) mass is 292 g/mol. The smallest absolute Gasteiger partial charge is 0.220 e. The van der Waals surface area contributed by atoms with Crippen molar-refractivity contribution in [2.75, 3.05) is 0 Å². The summed E-state index contributed by atoms with van der Waals surface area (Å²) in [5, 5.41) is 8.67. The molecule has 0 amide bonds. The summed E-state index contributed by atoms with van der Waals surface area (Å²) in [6, 6.07) is 11.1. The van der Waals surface area contributed by atoms with E-state index in [0.29, 0.717) is 10.2 Å². The van der Waals surface area contributed by atoms with E-state index in [0.717, 1.165) is 0 Å². The summed E-state index contributed by atoms with van der Waals surface area (Å²) in [4.78, 5) is 3.92. The normalized spacial score (nSPS) is 9.71. The third-order valence-corrected chi connectivity index (χ3v) is 2.59. The van der Waals surface area contributed by atoms with E-state index in [2.05, 4.69) is 20.9 Å². The van der Waals surface area contributed by atoms with Crippen LogP contribution in [-0.2, 0) is 0 Å². The van der Waals surface area contributed by atoms with E-state index in [1.807, 2.05) is 6.07 Å². The molecule has 1 heterocycles. The zero-order chi connectivity index (χ0) is 12.3. The lowest BCUT2D eigenvalue weighted by Gasteiger charge is -2.05. The molecule has 0 saturated carbocycles. The van der Waals surface area contributed by atoms with Gasteiger partial charge in [0.15, 0.2) is 0 Å². The number of rotatable bonds is 2. The highest BCUT2D eigenvalue weighted by molar-refractivity contribution is 9.10. The van der Waals surface area contributed by atoms with Crippen LogP contribution in [0, 0.1) is 17.1 Å². The summed E-state index contributed by atoms with van der Waals surface area (Å²) < 4.78 is 18.9. The maximum atomic E-state index is 13.2. The Bertz CT molecular complexity index is 595. The molecule has 1 aromatic carbocycles. The van der Waals surface area contributed by atoms with E-state index in [1.54, 1.807) is 30.3 Å². The van der Waals surface area contributed by atoms with Crippen LogP contribution in [0.3, 0.4) is 0 Å². The van der Waals surface area contributed by atoms with Crippen LogP contribution in [0.25, 0.3) is 0 Å². The molecule has 84 valence electrons. The van der Waals surface area contributed by atoms with Crippen LogP contribution in [0.5, 0.6) is 11.6 Å². The van der Waals surface area contributed by atoms with Gasteiger partial charge in [-0.05, 0) is 34.1 Å². The van der Waals surface area contributed by atoms with E-state index in [-0.39, 0.29) is 11.6 Å². The molecular formula is C12H6BrFN2O. The first-order valence-corrected chi connectivity index (χ1v) is 5.48. The van der Waals surface area contributed by atoms with Crippen LogP contribution in [0.1, 0.15) is 5.69 Å². The van der Waals surface area contributed by atoms with Crippen LogP contribution in [0.2, 0.25) is 0 Å². The fourth-order valence-electron chi connectivity index (χ4n) is 1.20. The van der Waals surface area contributed by atoms with E-state index in [1.165, 1.54) is 6.07 Å². The largest absolute Gasteiger partial charge is 0.439 e. The minimum atomic E-state index is -0.418. The van der Waals surface area contributed by atoms with Gasteiger partial charge in [-0.15, -0.1) is 0 Å². The van der Waals surface area contributed by atoms with Crippen molar-refractivity contribution in [1.82, 2.24) is 4.98 Å². The second-order valence-electron chi connectivity index (χ2n) is 3.15. The Kier molecular flexibility index (Phi) is 3.35. The molecule has 0 aliphatic rings. The molecule has 0 bridgehead atoms. The van der Waals surface area contributed by atoms with Crippen LogP contribution in [0.4, 0.5) is 4.39 Å². The third kappa shape index (κ3) is 2.80. The van der Waals surface area contributed by atoms with Crippen molar-refractivity contribution in [2.24, 2.45) is 0 Å². The van der Waals surface area contributed by atoms with Crippen molar-refractivity contribution >= 4 is 15.9 Å². The minimum absolute atomic E-state index is 0.250. The van der Waals surface area contributed by atoms with Gasteiger partial charge in [0.05, 0.1) is 4.47 Å². The van der Waals surface area contributed by atoms with Crippen molar-refractivity contribution in [3.05, 3.63) is 52.4 Å². The van der Waals surface area contributed by atoms with Gasteiger partial charge in [-0.2, -0.15) is 5.26 Å². The molecule has 2 aromatic rings. The number of hydrogen-bond acceptors (Lipinski definition) is 3. The number of aromatic nitrogens is 1. The van der Waals surface area contributed by atoms with Gasteiger partial charge in [-0.1, -0.05) is 6.07 Å². The highest BCUT2D eigenvalue weighted by Gasteiger charge is 2.04. The quantitative estimate of drug-likeness (QED) is 0.849. The van der Waals surface area contributed by atoms with Crippen LogP contribution >= 0.6 is 15.9 Å². The van der Waals surface area contributed by atoms with E-state index in [9.17, 15) is 4.39 Å². The topological polar surface area (TPSA) is 45.9 Å². The Balaban J connectivity index is 2.25. The van der Waals surface area contributed by atoms with Crippen molar-refractivity contribution in [3.63, 3.8) is 0 Å². The zero-order valence-electron chi connectivity index (χ0n) is 8.52. The second kappa shape index (κ2) is 4.93. The third-order valence-electron chi connectivity index (χ3n) is 1.95. The van der Waals surface area contributed by atoms with Crippen LogP contribution in [-0.4, -0.2) is 4.98 Å². The maximum absolute atomic E-state index is 13.2. The predicted octanol–water partition coefficient (Wildman–Crippen LogP) is 3.65. The molecule has 0 fully saturated rings. The molecule has 2 rings (SSSR count). The Hall–Kier alpha value is -1.93. The highest BCUT2D eigenvalue weighted by atomic mass is 79.9. The van der Waals surface area contributed by atoms with Crippen molar-refractivity contribution < 1.29 is 9.13 Å². The maximum Gasteiger partial charge on any atom is 0.220 e.